The summed E-state index contributed by atoms with van der Waals surface area (Å²) in [5.41, 5.74) is 0.848. The van der Waals surface area contributed by atoms with Gasteiger partial charge < -0.3 is 9.73 Å². The Bertz CT molecular complexity index is 800. The van der Waals surface area contributed by atoms with Crippen molar-refractivity contribution in [3.63, 3.8) is 0 Å². The zero-order valence-corrected chi connectivity index (χ0v) is 11.9. The molecule has 3 aromatic rings. The fourth-order valence-electron chi connectivity index (χ4n) is 2.35. The molecule has 0 bridgehead atoms. The third-order valence-electron chi connectivity index (χ3n) is 3.37. The summed E-state index contributed by atoms with van der Waals surface area (Å²) >= 11 is 5.69. The van der Waals surface area contributed by atoms with E-state index in [0.29, 0.717) is 16.7 Å². The summed E-state index contributed by atoms with van der Waals surface area (Å²) in [6, 6.07) is 10.6. The highest BCUT2D eigenvalue weighted by Crippen LogP contribution is 2.30. The molecule has 0 saturated heterocycles. The van der Waals surface area contributed by atoms with Crippen LogP contribution in [-0.4, -0.2) is 7.05 Å². The van der Waals surface area contributed by atoms with E-state index in [4.69, 9.17) is 16.0 Å². The van der Waals surface area contributed by atoms with E-state index in [1.165, 1.54) is 18.2 Å². The van der Waals surface area contributed by atoms with E-state index in [9.17, 15) is 8.78 Å². The van der Waals surface area contributed by atoms with Crippen molar-refractivity contribution in [3.8, 4) is 0 Å². The molecule has 1 aromatic heterocycles. The van der Waals surface area contributed by atoms with Crippen LogP contribution in [0.3, 0.4) is 0 Å². The van der Waals surface area contributed by atoms with Gasteiger partial charge in [0.25, 0.3) is 0 Å². The maximum atomic E-state index is 13.7. The monoisotopic (exact) mass is 307 g/mol. The van der Waals surface area contributed by atoms with Gasteiger partial charge in [0.1, 0.15) is 11.6 Å². The van der Waals surface area contributed by atoms with Gasteiger partial charge in [0.15, 0.2) is 11.4 Å². The molecule has 2 nitrogen and oxygen atoms in total. The van der Waals surface area contributed by atoms with E-state index in [2.05, 4.69) is 5.32 Å². The third kappa shape index (κ3) is 2.52. The molecule has 0 saturated carbocycles. The number of hydrogen-bond donors (Lipinski definition) is 1. The molecular formula is C16H12ClF2NO. The van der Waals surface area contributed by atoms with E-state index in [1.54, 1.807) is 31.3 Å². The van der Waals surface area contributed by atoms with Crippen LogP contribution in [0.1, 0.15) is 17.4 Å². The van der Waals surface area contributed by atoms with Crippen molar-refractivity contribution in [3.05, 3.63) is 70.4 Å². The Morgan fingerprint density at radius 3 is 2.57 bits per heavy atom. The number of halogens is 3. The molecule has 2 aromatic carbocycles. The Balaban J connectivity index is 2.09. The Hall–Kier alpha value is -1.91. The molecule has 1 unspecified atom stereocenters. The van der Waals surface area contributed by atoms with E-state index in [-0.39, 0.29) is 16.6 Å². The Morgan fingerprint density at radius 1 is 1.10 bits per heavy atom. The van der Waals surface area contributed by atoms with Gasteiger partial charge in [-0.15, -0.1) is 0 Å². The van der Waals surface area contributed by atoms with E-state index in [1.807, 2.05) is 0 Å². The zero-order chi connectivity index (χ0) is 15.0. The predicted molar refractivity (Wildman–Crippen MR) is 78.5 cm³/mol. The molecule has 1 atom stereocenters. The van der Waals surface area contributed by atoms with Crippen LogP contribution in [0.5, 0.6) is 0 Å². The second-order valence-corrected chi connectivity index (χ2v) is 5.11. The van der Waals surface area contributed by atoms with Gasteiger partial charge in [0, 0.05) is 5.39 Å². The minimum absolute atomic E-state index is 0.0595. The molecule has 0 aliphatic rings. The maximum Gasteiger partial charge on any atom is 0.169 e. The lowest BCUT2D eigenvalue weighted by molar-refractivity contribution is 0.475. The summed E-state index contributed by atoms with van der Waals surface area (Å²) in [6.45, 7) is 0. The van der Waals surface area contributed by atoms with Gasteiger partial charge in [-0.3, -0.25) is 0 Å². The molecule has 0 aliphatic heterocycles. The van der Waals surface area contributed by atoms with Crippen molar-refractivity contribution >= 4 is 22.6 Å². The SMILES string of the molecule is CNC(c1ccc(Cl)c(F)c1)c1cc2cccc(F)c2o1. The molecular weight excluding hydrogens is 296 g/mol. The van der Waals surface area contributed by atoms with E-state index in [0.717, 1.165) is 0 Å². The van der Waals surface area contributed by atoms with Crippen LogP contribution in [0, 0.1) is 11.6 Å². The fourth-order valence-corrected chi connectivity index (χ4v) is 2.47. The smallest absolute Gasteiger partial charge is 0.169 e. The Morgan fingerprint density at radius 2 is 1.90 bits per heavy atom. The van der Waals surface area contributed by atoms with Crippen LogP contribution >= 0.6 is 11.6 Å². The number of hydrogen-bond acceptors (Lipinski definition) is 2. The first-order chi connectivity index (χ1) is 10.1. The summed E-state index contributed by atoms with van der Waals surface area (Å²) in [6.07, 6.45) is 0. The highest BCUT2D eigenvalue weighted by molar-refractivity contribution is 6.30. The van der Waals surface area contributed by atoms with E-state index >= 15 is 0 Å². The number of furan rings is 1. The molecule has 0 spiro atoms. The predicted octanol–water partition coefficient (Wildman–Crippen LogP) is 4.67. The highest BCUT2D eigenvalue weighted by atomic mass is 35.5. The van der Waals surface area contributed by atoms with Gasteiger partial charge in [-0.1, -0.05) is 29.8 Å². The Kier molecular flexibility index (Phi) is 3.66. The molecule has 1 N–H and O–H groups in total. The van der Waals surface area contributed by atoms with Crippen molar-refractivity contribution in [1.29, 1.82) is 0 Å². The Labute approximate surface area is 125 Å². The summed E-state index contributed by atoms with van der Waals surface area (Å²) in [7, 11) is 1.72. The highest BCUT2D eigenvalue weighted by Gasteiger charge is 2.19. The molecule has 21 heavy (non-hydrogen) atoms. The summed E-state index contributed by atoms with van der Waals surface area (Å²) in [5, 5.41) is 3.76. The molecule has 0 amide bonds. The molecule has 0 fully saturated rings. The zero-order valence-electron chi connectivity index (χ0n) is 11.2. The van der Waals surface area contributed by atoms with Gasteiger partial charge in [-0.25, -0.2) is 8.78 Å². The molecule has 5 heteroatoms. The minimum atomic E-state index is -0.503. The van der Waals surface area contributed by atoms with Crippen molar-refractivity contribution in [2.24, 2.45) is 0 Å². The maximum absolute atomic E-state index is 13.7. The average molecular weight is 308 g/mol. The van der Waals surface area contributed by atoms with Crippen LogP contribution in [0.25, 0.3) is 11.0 Å². The first-order valence-corrected chi connectivity index (χ1v) is 6.78. The fraction of sp³-hybridized carbons (Fsp3) is 0.125. The van der Waals surface area contributed by atoms with Crippen molar-refractivity contribution < 1.29 is 13.2 Å². The topological polar surface area (TPSA) is 25.2 Å². The van der Waals surface area contributed by atoms with Crippen molar-refractivity contribution in [2.75, 3.05) is 7.05 Å². The lowest BCUT2D eigenvalue weighted by atomic mass is 10.0. The molecule has 108 valence electrons. The molecule has 0 aliphatic carbocycles. The number of rotatable bonds is 3. The van der Waals surface area contributed by atoms with Gasteiger partial charge in [0.05, 0.1) is 11.1 Å². The number of benzene rings is 2. The number of nitrogens with one attached hydrogen (secondary N) is 1. The van der Waals surface area contributed by atoms with Gasteiger partial charge in [-0.2, -0.15) is 0 Å². The lowest BCUT2D eigenvalue weighted by Gasteiger charge is -2.14. The minimum Gasteiger partial charge on any atom is -0.456 e. The van der Waals surface area contributed by atoms with E-state index < -0.39 is 11.6 Å². The van der Waals surface area contributed by atoms with Crippen molar-refractivity contribution in [2.45, 2.75) is 6.04 Å². The first kappa shape index (κ1) is 14.0. The first-order valence-electron chi connectivity index (χ1n) is 6.40. The van der Waals surface area contributed by atoms with Crippen LogP contribution < -0.4 is 5.32 Å². The number of fused-ring (bicyclic) bond motifs is 1. The van der Waals surface area contributed by atoms with Crippen LogP contribution in [0.4, 0.5) is 8.78 Å². The van der Waals surface area contributed by atoms with Crippen LogP contribution in [0.2, 0.25) is 5.02 Å². The molecule has 1 heterocycles. The van der Waals surface area contributed by atoms with Crippen molar-refractivity contribution in [1.82, 2.24) is 5.32 Å². The summed E-state index contributed by atoms with van der Waals surface area (Å²) < 4.78 is 32.9. The second-order valence-electron chi connectivity index (χ2n) is 4.70. The summed E-state index contributed by atoms with van der Waals surface area (Å²) in [5.74, 6) is -0.410. The number of para-hydroxylation sites is 1. The van der Waals surface area contributed by atoms with Gasteiger partial charge in [0.2, 0.25) is 0 Å². The largest absolute Gasteiger partial charge is 0.456 e. The van der Waals surface area contributed by atoms with Gasteiger partial charge >= 0.3 is 0 Å². The van der Waals surface area contributed by atoms with Crippen LogP contribution in [0.15, 0.2) is 46.9 Å². The van der Waals surface area contributed by atoms with Crippen LogP contribution in [-0.2, 0) is 0 Å². The third-order valence-corrected chi connectivity index (χ3v) is 3.67. The normalized spacial score (nSPS) is 12.8. The second kappa shape index (κ2) is 5.47. The summed E-state index contributed by atoms with van der Waals surface area (Å²) in [4.78, 5) is 0. The molecule has 0 radical (unpaired) electrons. The average Bonchev–Trinajstić information content (AvgIpc) is 2.89. The lowest BCUT2D eigenvalue weighted by Crippen LogP contribution is -2.17. The quantitative estimate of drug-likeness (QED) is 0.760. The molecule has 3 rings (SSSR count). The standard InChI is InChI=1S/C16H12ClF2NO/c1-20-15(9-5-6-11(17)13(19)7-9)14-8-10-3-2-4-12(18)16(10)21-14/h2-8,15,20H,1H3. The van der Waals surface area contributed by atoms with Gasteiger partial charge in [-0.05, 0) is 36.9 Å².